The van der Waals surface area contributed by atoms with E-state index >= 15 is 0 Å². The van der Waals surface area contributed by atoms with Crippen LogP contribution in [0.2, 0.25) is 0 Å². The minimum Gasteiger partial charge on any atom is -0.312 e. The van der Waals surface area contributed by atoms with E-state index in [1.54, 1.807) is 11.8 Å². The van der Waals surface area contributed by atoms with Crippen LogP contribution >= 0.6 is 15.9 Å². The molecule has 1 aromatic carbocycles. The first-order valence-corrected chi connectivity index (χ1v) is 7.47. The van der Waals surface area contributed by atoms with E-state index in [2.05, 4.69) is 15.9 Å². The van der Waals surface area contributed by atoms with Crippen LogP contribution < -0.4 is 4.90 Å². The number of fused-ring (bicyclic) bond motifs is 1. The summed E-state index contributed by atoms with van der Waals surface area (Å²) >= 11 is 3.48. The minimum absolute atomic E-state index is 0.0390. The Hall–Kier alpha value is -1.16. The number of benzene rings is 1. The number of hydrogen-bond donors (Lipinski definition) is 0. The van der Waals surface area contributed by atoms with Gasteiger partial charge in [0.2, 0.25) is 5.91 Å². The van der Waals surface area contributed by atoms with Gasteiger partial charge in [-0.3, -0.25) is 9.59 Å². The van der Waals surface area contributed by atoms with Gasteiger partial charge in [-0.2, -0.15) is 0 Å². The fourth-order valence-electron chi connectivity index (χ4n) is 2.51. The molecule has 0 saturated carbocycles. The van der Waals surface area contributed by atoms with Gasteiger partial charge in [-0.25, -0.2) is 0 Å². The maximum absolute atomic E-state index is 12.1. The van der Waals surface area contributed by atoms with Gasteiger partial charge in [-0.05, 0) is 37.0 Å². The molecule has 0 bridgehead atoms. The van der Waals surface area contributed by atoms with Crippen LogP contribution in [0, 0.1) is 0 Å². The molecule has 3 nitrogen and oxygen atoms in total. The molecule has 0 aromatic heterocycles. The molecule has 102 valence electrons. The Morgan fingerprint density at radius 3 is 2.74 bits per heavy atom. The lowest BCUT2D eigenvalue weighted by Gasteiger charge is -2.29. The second kappa shape index (κ2) is 5.87. The lowest BCUT2D eigenvalue weighted by atomic mass is 9.97. The number of nitrogens with zero attached hydrogens (tertiary/aromatic N) is 1. The largest absolute Gasteiger partial charge is 0.312 e. The number of hydrogen-bond acceptors (Lipinski definition) is 2. The van der Waals surface area contributed by atoms with E-state index in [1.165, 1.54) is 0 Å². The summed E-state index contributed by atoms with van der Waals surface area (Å²) in [5, 5.41) is 0. The van der Waals surface area contributed by atoms with Crippen LogP contribution in [-0.4, -0.2) is 18.2 Å². The summed E-state index contributed by atoms with van der Waals surface area (Å²) in [7, 11) is 0. The molecule has 1 amide bonds. The van der Waals surface area contributed by atoms with E-state index in [0.717, 1.165) is 41.5 Å². The van der Waals surface area contributed by atoms with Gasteiger partial charge in [0, 0.05) is 35.6 Å². The van der Waals surface area contributed by atoms with E-state index in [4.69, 9.17) is 0 Å². The molecule has 4 heteroatoms. The first kappa shape index (κ1) is 14.3. The summed E-state index contributed by atoms with van der Waals surface area (Å²) < 4.78 is 0.843. The van der Waals surface area contributed by atoms with Crippen LogP contribution in [0.3, 0.4) is 0 Å². The normalized spacial score (nSPS) is 14.2. The van der Waals surface area contributed by atoms with Crippen molar-refractivity contribution in [2.45, 2.75) is 39.5 Å². The molecule has 19 heavy (non-hydrogen) atoms. The second-order valence-corrected chi connectivity index (χ2v) is 5.76. The van der Waals surface area contributed by atoms with Crippen LogP contribution in [0.5, 0.6) is 0 Å². The summed E-state index contributed by atoms with van der Waals surface area (Å²) in [6.45, 7) is 4.31. The monoisotopic (exact) mass is 323 g/mol. The smallest absolute Gasteiger partial charge is 0.223 e. The third-order valence-corrected chi connectivity index (χ3v) is 4.10. The van der Waals surface area contributed by atoms with Crippen molar-refractivity contribution in [2.75, 3.05) is 11.4 Å². The summed E-state index contributed by atoms with van der Waals surface area (Å²) in [5.74, 6) is 0.170. The van der Waals surface area contributed by atoms with Gasteiger partial charge >= 0.3 is 0 Å². The number of halogens is 1. The van der Waals surface area contributed by atoms with Crippen molar-refractivity contribution in [3.05, 3.63) is 27.7 Å². The molecule has 0 fully saturated rings. The predicted octanol–water partition coefficient (Wildman–Crippen LogP) is 3.73. The standard InChI is InChI=1S/C15H18BrNO2/c1-3-5-15(19)12-9-14-11(8-13(12)16)6-4-7-17(14)10(2)18/h8-9H,3-7H2,1-2H3. The van der Waals surface area contributed by atoms with E-state index in [1.807, 2.05) is 19.1 Å². The summed E-state index contributed by atoms with van der Waals surface area (Å²) in [4.78, 5) is 25.5. The molecule has 0 saturated heterocycles. The molecule has 0 radical (unpaired) electrons. The van der Waals surface area contributed by atoms with Crippen LogP contribution in [0.4, 0.5) is 5.69 Å². The average Bonchev–Trinajstić information content (AvgIpc) is 2.37. The number of aryl methyl sites for hydroxylation is 1. The van der Waals surface area contributed by atoms with Gasteiger partial charge < -0.3 is 4.90 Å². The second-order valence-electron chi connectivity index (χ2n) is 4.91. The third-order valence-electron chi connectivity index (χ3n) is 3.44. The molecule has 1 aromatic rings. The van der Waals surface area contributed by atoms with Crippen LogP contribution in [0.15, 0.2) is 16.6 Å². The van der Waals surface area contributed by atoms with Crippen LogP contribution in [0.25, 0.3) is 0 Å². The quantitative estimate of drug-likeness (QED) is 0.795. The highest BCUT2D eigenvalue weighted by molar-refractivity contribution is 9.10. The van der Waals surface area contributed by atoms with Crippen molar-refractivity contribution in [3.63, 3.8) is 0 Å². The van der Waals surface area contributed by atoms with Gasteiger partial charge in [-0.15, -0.1) is 0 Å². The maximum Gasteiger partial charge on any atom is 0.223 e. The molecule has 1 heterocycles. The van der Waals surface area contributed by atoms with Crippen LogP contribution in [0.1, 0.15) is 49.0 Å². The van der Waals surface area contributed by atoms with E-state index in [9.17, 15) is 9.59 Å². The molecule has 0 atom stereocenters. The Bertz CT molecular complexity index is 525. The van der Waals surface area contributed by atoms with E-state index in [0.29, 0.717) is 12.0 Å². The molecule has 1 aliphatic heterocycles. The summed E-state index contributed by atoms with van der Waals surface area (Å²) in [5.41, 5.74) is 2.73. The molecule has 0 spiro atoms. The fraction of sp³-hybridized carbons (Fsp3) is 0.467. The van der Waals surface area contributed by atoms with Crippen molar-refractivity contribution in [3.8, 4) is 0 Å². The topological polar surface area (TPSA) is 37.4 Å². The number of anilines is 1. The summed E-state index contributed by atoms with van der Waals surface area (Å²) in [6, 6.07) is 3.87. The predicted molar refractivity (Wildman–Crippen MR) is 79.7 cm³/mol. The molecule has 2 rings (SSSR count). The Balaban J connectivity index is 2.46. The molecule has 0 aliphatic carbocycles. The Kier molecular flexibility index (Phi) is 4.40. The summed E-state index contributed by atoms with van der Waals surface area (Å²) in [6.07, 6.45) is 3.30. The van der Waals surface area contributed by atoms with Gasteiger partial charge in [-0.1, -0.05) is 22.9 Å². The third kappa shape index (κ3) is 2.89. The highest BCUT2D eigenvalue weighted by atomic mass is 79.9. The number of carbonyl (C=O) groups is 2. The number of rotatable bonds is 3. The van der Waals surface area contributed by atoms with Crippen molar-refractivity contribution in [1.29, 1.82) is 0 Å². The lowest BCUT2D eigenvalue weighted by molar-refractivity contribution is -0.116. The van der Waals surface area contributed by atoms with E-state index < -0.39 is 0 Å². The molecule has 0 unspecified atom stereocenters. The van der Waals surface area contributed by atoms with Gasteiger partial charge in [0.15, 0.2) is 5.78 Å². The highest BCUT2D eigenvalue weighted by Gasteiger charge is 2.23. The zero-order valence-electron chi connectivity index (χ0n) is 11.3. The zero-order valence-corrected chi connectivity index (χ0v) is 12.9. The fourth-order valence-corrected chi connectivity index (χ4v) is 3.12. The molecule has 0 N–H and O–H groups in total. The zero-order chi connectivity index (χ0) is 14.0. The molecular formula is C15H18BrNO2. The maximum atomic E-state index is 12.1. The molecular weight excluding hydrogens is 306 g/mol. The number of ketones is 1. The number of amides is 1. The SMILES string of the molecule is CCCC(=O)c1cc2c(cc1Br)CCCN2C(C)=O. The Labute approximate surface area is 122 Å². The van der Waals surface area contributed by atoms with E-state index in [-0.39, 0.29) is 11.7 Å². The van der Waals surface area contributed by atoms with Crippen molar-refractivity contribution < 1.29 is 9.59 Å². The Morgan fingerprint density at radius 2 is 2.11 bits per heavy atom. The van der Waals surface area contributed by atoms with Gasteiger partial charge in [0.1, 0.15) is 0 Å². The van der Waals surface area contributed by atoms with Crippen molar-refractivity contribution in [2.24, 2.45) is 0 Å². The first-order chi connectivity index (χ1) is 9.04. The lowest BCUT2D eigenvalue weighted by Crippen LogP contribution is -2.33. The van der Waals surface area contributed by atoms with Crippen LogP contribution in [-0.2, 0) is 11.2 Å². The first-order valence-electron chi connectivity index (χ1n) is 6.68. The highest BCUT2D eigenvalue weighted by Crippen LogP contribution is 2.33. The minimum atomic E-state index is 0.0390. The number of Topliss-reactive ketones (excluding diaryl/α,β-unsaturated/α-hetero) is 1. The molecule has 1 aliphatic rings. The van der Waals surface area contributed by atoms with Gasteiger partial charge in [0.05, 0.1) is 0 Å². The van der Waals surface area contributed by atoms with Gasteiger partial charge in [0.25, 0.3) is 0 Å². The van der Waals surface area contributed by atoms with Crippen molar-refractivity contribution >= 4 is 33.3 Å². The number of carbonyl (C=O) groups excluding carboxylic acids is 2. The Morgan fingerprint density at radius 1 is 1.37 bits per heavy atom. The van der Waals surface area contributed by atoms with Crippen molar-refractivity contribution in [1.82, 2.24) is 0 Å². The average molecular weight is 324 g/mol.